The molecule has 7 nitrogen and oxygen atoms in total. The molecule has 0 radical (unpaired) electrons. The maximum Gasteiger partial charge on any atom is 0.291 e. The molecule has 0 saturated carbocycles. The molecule has 0 spiro atoms. The first-order chi connectivity index (χ1) is 15.2. The second-order valence-electron chi connectivity index (χ2n) is 7.98. The SMILES string of the molecule is COc1cc(OC)c(NC(=O)c2ccc(Oc3cc([Si](C)(C)C)ccc3Cl)o2)c(OC)c1. The number of furan rings is 1. The van der Waals surface area contributed by atoms with Crippen LogP contribution in [-0.2, 0) is 0 Å². The smallest absolute Gasteiger partial charge is 0.291 e. The number of carbonyl (C=O) groups excluding carboxylic acids is 1. The van der Waals surface area contributed by atoms with E-state index in [2.05, 4.69) is 25.0 Å². The summed E-state index contributed by atoms with van der Waals surface area (Å²) in [6, 6.07) is 12.1. The molecular weight excluding hydrogens is 450 g/mol. The molecule has 0 saturated heterocycles. The Balaban J connectivity index is 1.82. The lowest BCUT2D eigenvalue weighted by molar-refractivity contribution is 0.0991. The van der Waals surface area contributed by atoms with E-state index in [1.165, 1.54) is 32.6 Å². The minimum atomic E-state index is -1.55. The van der Waals surface area contributed by atoms with Crippen LogP contribution in [0.25, 0.3) is 0 Å². The van der Waals surface area contributed by atoms with Gasteiger partial charge in [-0.15, -0.1) is 0 Å². The summed E-state index contributed by atoms with van der Waals surface area (Å²) in [7, 11) is 2.95. The quantitative estimate of drug-likeness (QED) is 0.430. The number of rotatable bonds is 8. The molecular formula is C23H26ClNO6Si. The summed E-state index contributed by atoms with van der Waals surface area (Å²) in [5.74, 6) is 1.48. The van der Waals surface area contributed by atoms with Crippen molar-refractivity contribution in [1.82, 2.24) is 0 Å². The fourth-order valence-electron chi connectivity index (χ4n) is 2.96. The molecule has 0 aliphatic heterocycles. The molecule has 0 aliphatic carbocycles. The van der Waals surface area contributed by atoms with Crippen molar-refractivity contribution in [2.24, 2.45) is 0 Å². The topological polar surface area (TPSA) is 79.2 Å². The Bertz CT molecular complexity index is 1100. The monoisotopic (exact) mass is 475 g/mol. The number of carbonyl (C=O) groups is 1. The first-order valence-corrected chi connectivity index (χ1v) is 13.7. The summed E-state index contributed by atoms with van der Waals surface area (Å²) in [5.41, 5.74) is 0.352. The predicted octanol–water partition coefficient (Wildman–Crippen LogP) is 5.55. The van der Waals surface area contributed by atoms with Crippen LogP contribution < -0.4 is 29.5 Å². The zero-order chi connectivity index (χ0) is 23.5. The van der Waals surface area contributed by atoms with E-state index in [1.54, 1.807) is 18.2 Å². The molecule has 3 rings (SSSR count). The van der Waals surface area contributed by atoms with Gasteiger partial charge in [0.05, 0.1) is 34.4 Å². The van der Waals surface area contributed by atoms with Crippen molar-refractivity contribution in [2.75, 3.05) is 26.6 Å². The number of halogens is 1. The van der Waals surface area contributed by atoms with Crippen LogP contribution >= 0.6 is 11.6 Å². The summed E-state index contributed by atoms with van der Waals surface area (Å²) in [5, 5.41) is 4.41. The standard InChI is InChI=1S/C23H26ClNO6Si/c1-27-14-11-19(28-2)22(20(12-14)29-3)25-23(26)17-9-10-21(30-17)31-18-13-15(32(4,5)6)7-8-16(18)24/h7-13H,1-6H3,(H,25,26). The van der Waals surface area contributed by atoms with Gasteiger partial charge in [0, 0.05) is 18.2 Å². The summed E-state index contributed by atoms with van der Waals surface area (Å²) in [6.45, 7) is 6.70. The number of amides is 1. The van der Waals surface area contributed by atoms with Crippen molar-refractivity contribution >= 4 is 36.5 Å². The van der Waals surface area contributed by atoms with Gasteiger partial charge in [0.1, 0.15) is 28.7 Å². The Kier molecular flexibility index (Phi) is 7.05. The fraction of sp³-hybridized carbons (Fsp3) is 0.261. The second-order valence-corrected chi connectivity index (χ2v) is 13.5. The van der Waals surface area contributed by atoms with Crippen molar-refractivity contribution in [3.05, 3.63) is 53.2 Å². The molecule has 0 aliphatic rings. The van der Waals surface area contributed by atoms with E-state index >= 15 is 0 Å². The Morgan fingerprint density at radius 3 is 2.12 bits per heavy atom. The third-order valence-corrected chi connectivity index (χ3v) is 7.12. The van der Waals surface area contributed by atoms with Crippen LogP contribution in [-0.4, -0.2) is 35.3 Å². The molecule has 0 unspecified atom stereocenters. The Hall–Kier alpha value is -3.10. The van der Waals surface area contributed by atoms with Gasteiger partial charge in [-0.05, 0) is 18.2 Å². The van der Waals surface area contributed by atoms with Crippen LogP contribution in [0.4, 0.5) is 5.69 Å². The van der Waals surface area contributed by atoms with Crippen molar-refractivity contribution in [3.8, 4) is 28.9 Å². The van der Waals surface area contributed by atoms with Crippen molar-refractivity contribution in [2.45, 2.75) is 19.6 Å². The lowest BCUT2D eigenvalue weighted by atomic mass is 10.2. The van der Waals surface area contributed by atoms with Crippen LogP contribution in [0, 0.1) is 0 Å². The van der Waals surface area contributed by atoms with Gasteiger partial charge in [0.25, 0.3) is 11.9 Å². The van der Waals surface area contributed by atoms with Gasteiger partial charge in [0.15, 0.2) is 5.76 Å². The van der Waals surface area contributed by atoms with E-state index in [0.717, 1.165) is 0 Å². The maximum atomic E-state index is 12.8. The molecule has 1 N–H and O–H groups in total. The van der Waals surface area contributed by atoms with Crippen molar-refractivity contribution in [3.63, 3.8) is 0 Å². The highest BCUT2D eigenvalue weighted by Gasteiger charge is 2.21. The van der Waals surface area contributed by atoms with Gasteiger partial charge in [-0.25, -0.2) is 0 Å². The Morgan fingerprint density at radius 2 is 1.56 bits per heavy atom. The number of anilines is 1. The first kappa shape index (κ1) is 23.6. The number of benzene rings is 2. The first-order valence-electron chi connectivity index (χ1n) is 9.85. The maximum absolute atomic E-state index is 12.8. The van der Waals surface area contributed by atoms with Gasteiger partial charge in [-0.3, -0.25) is 4.79 Å². The average molecular weight is 476 g/mol. The zero-order valence-electron chi connectivity index (χ0n) is 18.9. The van der Waals surface area contributed by atoms with E-state index in [0.29, 0.717) is 33.7 Å². The van der Waals surface area contributed by atoms with Gasteiger partial charge >= 0.3 is 0 Å². The molecule has 1 aromatic heterocycles. The second kappa shape index (κ2) is 9.58. The van der Waals surface area contributed by atoms with Crippen LogP contribution in [0.3, 0.4) is 0 Å². The average Bonchev–Trinajstić information content (AvgIpc) is 3.23. The molecule has 0 fully saturated rings. The number of nitrogens with one attached hydrogen (secondary N) is 1. The molecule has 2 aromatic carbocycles. The number of methoxy groups -OCH3 is 3. The fourth-order valence-corrected chi connectivity index (χ4v) is 4.26. The minimum absolute atomic E-state index is 0.0531. The summed E-state index contributed by atoms with van der Waals surface area (Å²) >= 11 is 6.30. The largest absolute Gasteiger partial charge is 0.496 e. The minimum Gasteiger partial charge on any atom is -0.496 e. The molecule has 9 heteroatoms. The summed E-state index contributed by atoms with van der Waals surface area (Å²) in [6.07, 6.45) is 0. The molecule has 0 atom stereocenters. The van der Waals surface area contributed by atoms with E-state index in [4.69, 9.17) is 35.0 Å². The molecule has 3 aromatic rings. The number of hydrogen-bond donors (Lipinski definition) is 1. The van der Waals surface area contributed by atoms with E-state index < -0.39 is 14.0 Å². The van der Waals surface area contributed by atoms with E-state index in [9.17, 15) is 4.79 Å². The predicted molar refractivity (Wildman–Crippen MR) is 127 cm³/mol. The summed E-state index contributed by atoms with van der Waals surface area (Å²) in [4.78, 5) is 12.8. The molecule has 170 valence electrons. The van der Waals surface area contributed by atoms with Gasteiger partial charge in [0.2, 0.25) is 0 Å². The molecule has 0 bridgehead atoms. The Labute approximate surface area is 193 Å². The highest BCUT2D eigenvalue weighted by atomic mass is 35.5. The van der Waals surface area contributed by atoms with Crippen molar-refractivity contribution in [1.29, 1.82) is 0 Å². The number of hydrogen-bond acceptors (Lipinski definition) is 6. The van der Waals surface area contributed by atoms with Crippen LogP contribution in [0.1, 0.15) is 10.6 Å². The third-order valence-electron chi connectivity index (χ3n) is 4.77. The van der Waals surface area contributed by atoms with Gasteiger partial charge < -0.3 is 28.7 Å². The van der Waals surface area contributed by atoms with Crippen LogP contribution in [0.5, 0.6) is 28.9 Å². The van der Waals surface area contributed by atoms with E-state index in [-0.39, 0.29) is 11.7 Å². The van der Waals surface area contributed by atoms with Gasteiger partial charge in [-0.1, -0.05) is 42.5 Å². The lowest BCUT2D eigenvalue weighted by Crippen LogP contribution is -2.37. The normalized spacial score (nSPS) is 11.1. The Morgan fingerprint density at radius 1 is 0.906 bits per heavy atom. The zero-order valence-corrected chi connectivity index (χ0v) is 20.6. The molecule has 1 amide bonds. The van der Waals surface area contributed by atoms with Crippen LogP contribution in [0.15, 0.2) is 46.9 Å². The van der Waals surface area contributed by atoms with Gasteiger partial charge in [-0.2, -0.15) is 0 Å². The summed E-state index contributed by atoms with van der Waals surface area (Å²) < 4.78 is 27.4. The van der Waals surface area contributed by atoms with Crippen LogP contribution in [0.2, 0.25) is 24.7 Å². The molecule has 1 heterocycles. The number of ether oxygens (including phenoxy) is 4. The highest BCUT2D eigenvalue weighted by Crippen LogP contribution is 2.39. The molecule has 32 heavy (non-hydrogen) atoms. The van der Waals surface area contributed by atoms with E-state index in [1.807, 2.05) is 18.2 Å². The third kappa shape index (κ3) is 5.20. The van der Waals surface area contributed by atoms with Crippen molar-refractivity contribution < 1.29 is 28.2 Å². The highest BCUT2D eigenvalue weighted by molar-refractivity contribution is 6.88. The lowest BCUT2D eigenvalue weighted by Gasteiger charge is -2.18.